The molecule has 0 radical (unpaired) electrons. The Bertz CT molecular complexity index is 656. The molecular weight excluding hydrogens is 385 g/mol. The lowest BCUT2D eigenvalue weighted by Crippen LogP contribution is -2.27. The summed E-state index contributed by atoms with van der Waals surface area (Å²) in [7, 11) is 1.07. The predicted molar refractivity (Wildman–Crippen MR) is 83.5 cm³/mol. The van der Waals surface area contributed by atoms with Gasteiger partial charge in [0.1, 0.15) is 10.7 Å². The van der Waals surface area contributed by atoms with E-state index >= 15 is 0 Å². The van der Waals surface area contributed by atoms with Crippen LogP contribution in [0.15, 0.2) is 21.5 Å². The maximum absolute atomic E-state index is 13.7. The van der Waals surface area contributed by atoms with E-state index in [2.05, 4.69) is 21.2 Å². The first-order valence-corrected chi connectivity index (χ1v) is 9.24. The van der Waals surface area contributed by atoms with Gasteiger partial charge in [-0.15, -0.1) is 0 Å². The minimum absolute atomic E-state index is 0.0445. The molecule has 0 bridgehead atoms. The summed E-state index contributed by atoms with van der Waals surface area (Å²) in [5.74, 6) is -1.41. The first-order chi connectivity index (χ1) is 9.42. The highest BCUT2D eigenvalue weighted by molar-refractivity contribution is 9.10. The second kappa shape index (κ2) is 6.62. The van der Waals surface area contributed by atoms with Crippen LogP contribution in [-0.4, -0.2) is 20.9 Å². The Morgan fingerprint density at radius 2 is 1.95 bits per heavy atom. The van der Waals surface area contributed by atoms with E-state index in [1.54, 1.807) is 0 Å². The molecule has 0 aliphatic heterocycles. The number of hydrogen-bond donors (Lipinski definition) is 1. The smallest absolute Gasteiger partial charge is 0.262 e. The van der Waals surface area contributed by atoms with Gasteiger partial charge in [0.25, 0.3) is 15.0 Å². The Labute approximate surface area is 136 Å². The van der Waals surface area contributed by atoms with Crippen LogP contribution in [0.1, 0.15) is 37.6 Å². The van der Waals surface area contributed by atoms with Gasteiger partial charge in [-0.25, -0.2) is 12.8 Å². The van der Waals surface area contributed by atoms with Crippen molar-refractivity contribution in [3.8, 4) is 0 Å². The lowest BCUT2D eigenvalue weighted by Gasteiger charge is -2.18. The SMILES string of the molecule is CC(C)(C)CCNC(=O)c1cc(F)c(Br)c(S(=O)(=O)Cl)c1. The molecule has 1 amide bonds. The van der Waals surface area contributed by atoms with Crippen LogP contribution in [0, 0.1) is 11.2 Å². The third-order valence-corrected chi connectivity index (χ3v) is 5.09. The standard InChI is InChI=1S/C13H16BrClFNO3S/c1-13(2,3)4-5-17-12(18)8-6-9(16)11(14)10(7-8)21(15,19)20/h6-7H,4-5H2,1-3H3,(H,17,18). The van der Waals surface area contributed by atoms with Gasteiger partial charge in [-0.05, 0) is 39.9 Å². The summed E-state index contributed by atoms with van der Waals surface area (Å²) in [6, 6.07) is 2.00. The predicted octanol–water partition coefficient (Wildman–Crippen LogP) is 3.68. The molecule has 118 valence electrons. The minimum Gasteiger partial charge on any atom is -0.352 e. The zero-order valence-corrected chi connectivity index (χ0v) is 15.0. The van der Waals surface area contributed by atoms with Crippen molar-refractivity contribution >= 4 is 41.6 Å². The Kier molecular flexibility index (Phi) is 5.80. The molecule has 8 heteroatoms. The van der Waals surface area contributed by atoms with Crippen molar-refractivity contribution in [1.82, 2.24) is 5.32 Å². The lowest BCUT2D eigenvalue weighted by molar-refractivity contribution is 0.0949. The zero-order chi connectivity index (χ0) is 16.4. The van der Waals surface area contributed by atoms with Crippen molar-refractivity contribution in [2.45, 2.75) is 32.1 Å². The largest absolute Gasteiger partial charge is 0.352 e. The Morgan fingerprint density at radius 3 is 2.43 bits per heavy atom. The van der Waals surface area contributed by atoms with Crippen molar-refractivity contribution in [3.63, 3.8) is 0 Å². The number of hydrogen-bond acceptors (Lipinski definition) is 3. The van der Waals surface area contributed by atoms with Crippen LogP contribution in [0.4, 0.5) is 4.39 Å². The molecule has 0 heterocycles. The number of benzene rings is 1. The Morgan fingerprint density at radius 1 is 1.38 bits per heavy atom. The highest BCUT2D eigenvalue weighted by Crippen LogP contribution is 2.29. The Hall–Kier alpha value is -0.660. The summed E-state index contributed by atoms with van der Waals surface area (Å²) in [4.78, 5) is 11.5. The van der Waals surface area contributed by atoms with Crippen molar-refractivity contribution in [1.29, 1.82) is 0 Å². The molecule has 0 fully saturated rings. The van der Waals surface area contributed by atoms with Crippen molar-refractivity contribution < 1.29 is 17.6 Å². The third-order valence-electron chi connectivity index (χ3n) is 2.68. The van der Waals surface area contributed by atoms with E-state index in [9.17, 15) is 17.6 Å². The molecule has 0 aliphatic rings. The number of halogens is 3. The van der Waals surface area contributed by atoms with Crippen LogP contribution >= 0.6 is 26.6 Å². The summed E-state index contributed by atoms with van der Waals surface area (Å²) >= 11 is 2.81. The Balaban J connectivity index is 2.99. The highest BCUT2D eigenvalue weighted by Gasteiger charge is 2.21. The minimum atomic E-state index is -4.15. The van der Waals surface area contributed by atoms with Gasteiger partial charge in [-0.1, -0.05) is 20.8 Å². The molecule has 21 heavy (non-hydrogen) atoms. The first kappa shape index (κ1) is 18.4. The third kappa shape index (κ3) is 5.56. The fraction of sp³-hybridized carbons (Fsp3) is 0.462. The molecule has 1 rings (SSSR count). The normalized spacial score (nSPS) is 12.3. The molecule has 0 aromatic heterocycles. The number of amides is 1. The van der Waals surface area contributed by atoms with E-state index in [1.807, 2.05) is 20.8 Å². The van der Waals surface area contributed by atoms with Crippen LogP contribution in [0.25, 0.3) is 0 Å². The summed E-state index contributed by atoms with van der Waals surface area (Å²) in [6.07, 6.45) is 0.735. The van der Waals surface area contributed by atoms with Crippen LogP contribution < -0.4 is 5.32 Å². The van der Waals surface area contributed by atoms with Crippen LogP contribution in [-0.2, 0) is 9.05 Å². The van der Waals surface area contributed by atoms with Gasteiger partial charge in [0.05, 0.1) is 4.47 Å². The van der Waals surface area contributed by atoms with Crippen LogP contribution in [0.3, 0.4) is 0 Å². The lowest BCUT2D eigenvalue weighted by atomic mass is 9.92. The summed E-state index contributed by atoms with van der Waals surface area (Å²) in [5.41, 5.74) is -0.0491. The number of carbonyl (C=O) groups is 1. The van der Waals surface area contributed by atoms with Crippen LogP contribution in [0.5, 0.6) is 0 Å². The second-order valence-electron chi connectivity index (χ2n) is 5.77. The number of nitrogens with one attached hydrogen (secondary N) is 1. The fourth-order valence-electron chi connectivity index (χ4n) is 1.53. The average Bonchev–Trinajstić information content (AvgIpc) is 2.29. The van der Waals surface area contributed by atoms with Gasteiger partial charge in [0.15, 0.2) is 0 Å². The molecule has 4 nitrogen and oxygen atoms in total. The molecule has 0 aliphatic carbocycles. The van der Waals surface area contributed by atoms with Crippen molar-refractivity contribution in [3.05, 3.63) is 28.0 Å². The molecule has 0 saturated carbocycles. The molecule has 0 unspecified atom stereocenters. The van der Waals surface area contributed by atoms with E-state index in [-0.39, 0.29) is 15.5 Å². The molecule has 1 N–H and O–H groups in total. The zero-order valence-electron chi connectivity index (χ0n) is 11.8. The summed E-state index contributed by atoms with van der Waals surface area (Å²) in [5, 5.41) is 2.62. The van der Waals surface area contributed by atoms with E-state index < -0.39 is 25.7 Å². The first-order valence-electron chi connectivity index (χ1n) is 6.14. The monoisotopic (exact) mass is 399 g/mol. The maximum atomic E-state index is 13.7. The van der Waals surface area contributed by atoms with E-state index in [0.717, 1.165) is 18.6 Å². The number of rotatable bonds is 4. The topological polar surface area (TPSA) is 63.2 Å². The van der Waals surface area contributed by atoms with Crippen molar-refractivity contribution in [2.75, 3.05) is 6.54 Å². The number of carbonyl (C=O) groups excluding carboxylic acids is 1. The van der Waals surface area contributed by atoms with Gasteiger partial charge in [0.2, 0.25) is 0 Å². The highest BCUT2D eigenvalue weighted by atomic mass is 79.9. The van der Waals surface area contributed by atoms with Gasteiger partial charge in [-0.3, -0.25) is 4.79 Å². The van der Waals surface area contributed by atoms with Gasteiger partial charge in [-0.2, -0.15) is 0 Å². The van der Waals surface area contributed by atoms with Crippen LogP contribution in [0.2, 0.25) is 0 Å². The van der Waals surface area contributed by atoms with E-state index in [4.69, 9.17) is 10.7 Å². The fourth-order valence-corrected chi connectivity index (χ4v) is 3.62. The van der Waals surface area contributed by atoms with Crippen molar-refractivity contribution in [2.24, 2.45) is 5.41 Å². The molecule has 0 saturated heterocycles. The van der Waals surface area contributed by atoms with E-state index in [0.29, 0.717) is 6.54 Å². The van der Waals surface area contributed by atoms with E-state index in [1.165, 1.54) is 0 Å². The quantitative estimate of drug-likeness (QED) is 0.784. The molecular formula is C13H16BrClFNO3S. The van der Waals surface area contributed by atoms with Gasteiger partial charge >= 0.3 is 0 Å². The molecule has 1 aromatic carbocycles. The summed E-state index contributed by atoms with van der Waals surface area (Å²) < 4.78 is 36.1. The molecule has 1 aromatic rings. The average molecular weight is 401 g/mol. The van der Waals surface area contributed by atoms with Gasteiger partial charge < -0.3 is 5.32 Å². The molecule has 0 atom stereocenters. The molecule has 0 spiro atoms. The maximum Gasteiger partial charge on any atom is 0.262 e. The second-order valence-corrected chi connectivity index (χ2v) is 9.10. The van der Waals surface area contributed by atoms with Gasteiger partial charge in [0, 0.05) is 22.8 Å². The summed E-state index contributed by atoms with van der Waals surface area (Å²) in [6.45, 7) is 6.48.